The fourth-order valence-electron chi connectivity index (χ4n) is 3.26. The van der Waals surface area contributed by atoms with Gasteiger partial charge in [0, 0.05) is 30.5 Å². The van der Waals surface area contributed by atoms with Crippen molar-refractivity contribution < 1.29 is 9.53 Å². The standard InChI is InChI=1S/C20H30N2O2/c1-6-10-13-21(7-2)20(23)19-15(5)17-14-16(24-9-4)11-12-18(17)22(19)8-3/h11-12,14H,6-10,13H2,1-5H3. The number of hydrogen-bond acceptors (Lipinski definition) is 2. The number of amides is 1. The topological polar surface area (TPSA) is 34.5 Å². The number of carbonyl (C=O) groups is 1. The normalized spacial score (nSPS) is 11.0. The van der Waals surface area contributed by atoms with Crippen LogP contribution in [0, 0.1) is 6.92 Å². The zero-order valence-electron chi connectivity index (χ0n) is 15.7. The van der Waals surface area contributed by atoms with Crippen molar-refractivity contribution in [3.8, 4) is 5.75 Å². The third-order valence-corrected chi connectivity index (χ3v) is 4.57. The number of fused-ring (bicyclic) bond motifs is 1. The molecule has 2 rings (SSSR count). The van der Waals surface area contributed by atoms with Crippen molar-refractivity contribution in [2.24, 2.45) is 0 Å². The smallest absolute Gasteiger partial charge is 0.270 e. The average Bonchev–Trinajstić information content (AvgIpc) is 2.87. The van der Waals surface area contributed by atoms with Crippen LogP contribution in [0.1, 0.15) is 56.6 Å². The molecule has 2 aromatic rings. The predicted octanol–water partition coefficient (Wildman–Crippen LogP) is 4.63. The van der Waals surface area contributed by atoms with E-state index in [9.17, 15) is 4.79 Å². The van der Waals surface area contributed by atoms with Crippen molar-refractivity contribution in [3.63, 3.8) is 0 Å². The Kier molecular flexibility index (Phi) is 6.29. The van der Waals surface area contributed by atoms with Gasteiger partial charge in [-0.1, -0.05) is 13.3 Å². The van der Waals surface area contributed by atoms with E-state index in [1.54, 1.807) is 0 Å². The predicted molar refractivity (Wildman–Crippen MR) is 100 cm³/mol. The van der Waals surface area contributed by atoms with Gasteiger partial charge in [0.05, 0.1) is 6.61 Å². The van der Waals surface area contributed by atoms with E-state index in [0.29, 0.717) is 6.61 Å². The third kappa shape index (κ3) is 3.42. The van der Waals surface area contributed by atoms with Gasteiger partial charge in [-0.2, -0.15) is 0 Å². The van der Waals surface area contributed by atoms with Crippen LogP contribution >= 0.6 is 0 Å². The average molecular weight is 330 g/mol. The molecule has 0 aliphatic carbocycles. The van der Waals surface area contributed by atoms with E-state index in [2.05, 4.69) is 37.5 Å². The summed E-state index contributed by atoms with van der Waals surface area (Å²) in [7, 11) is 0. The largest absolute Gasteiger partial charge is 0.494 e. The summed E-state index contributed by atoms with van der Waals surface area (Å²) in [6.07, 6.45) is 2.14. The van der Waals surface area contributed by atoms with Crippen LogP contribution in [0.4, 0.5) is 0 Å². The molecule has 0 spiro atoms. The fourth-order valence-corrected chi connectivity index (χ4v) is 3.26. The van der Waals surface area contributed by atoms with E-state index in [4.69, 9.17) is 4.74 Å². The van der Waals surface area contributed by atoms with Crippen LogP contribution < -0.4 is 4.74 Å². The molecule has 0 N–H and O–H groups in total. The highest BCUT2D eigenvalue weighted by atomic mass is 16.5. The van der Waals surface area contributed by atoms with Crippen LogP contribution in [0.15, 0.2) is 18.2 Å². The van der Waals surface area contributed by atoms with Crippen molar-refractivity contribution in [1.82, 2.24) is 9.47 Å². The highest BCUT2D eigenvalue weighted by Gasteiger charge is 2.23. The number of benzene rings is 1. The number of nitrogens with zero attached hydrogens (tertiary/aromatic N) is 2. The minimum Gasteiger partial charge on any atom is -0.494 e. The van der Waals surface area contributed by atoms with Gasteiger partial charge in [-0.3, -0.25) is 4.79 Å². The lowest BCUT2D eigenvalue weighted by atomic mass is 10.1. The number of aromatic nitrogens is 1. The molecular weight excluding hydrogens is 300 g/mol. The highest BCUT2D eigenvalue weighted by molar-refractivity contribution is 6.02. The summed E-state index contributed by atoms with van der Waals surface area (Å²) in [4.78, 5) is 15.1. The second-order valence-electron chi connectivity index (χ2n) is 6.07. The monoisotopic (exact) mass is 330 g/mol. The van der Waals surface area contributed by atoms with E-state index >= 15 is 0 Å². The zero-order chi connectivity index (χ0) is 17.7. The van der Waals surface area contributed by atoms with Crippen LogP contribution in [0.5, 0.6) is 5.75 Å². The van der Waals surface area contributed by atoms with Crippen molar-refractivity contribution in [1.29, 1.82) is 0 Å². The second-order valence-corrected chi connectivity index (χ2v) is 6.07. The van der Waals surface area contributed by atoms with Crippen LogP contribution in [0.25, 0.3) is 10.9 Å². The molecule has 0 saturated carbocycles. The maximum absolute atomic E-state index is 13.1. The molecule has 1 aromatic heterocycles. The van der Waals surface area contributed by atoms with E-state index in [1.807, 2.05) is 24.8 Å². The highest BCUT2D eigenvalue weighted by Crippen LogP contribution is 2.30. The first kappa shape index (κ1) is 18.4. The Morgan fingerprint density at radius 2 is 1.96 bits per heavy atom. The molecule has 4 heteroatoms. The summed E-state index contributed by atoms with van der Waals surface area (Å²) in [5, 5.41) is 1.11. The van der Waals surface area contributed by atoms with E-state index < -0.39 is 0 Å². The van der Waals surface area contributed by atoms with Gasteiger partial charge in [0.1, 0.15) is 11.4 Å². The van der Waals surface area contributed by atoms with E-state index in [0.717, 1.165) is 60.4 Å². The lowest BCUT2D eigenvalue weighted by Gasteiger charge is -2.22. The number of rotatable bonds is 8. The zero-order valence-corrected chi connectivity index (χ0v) is 15.7. The summed E-state index contributed by atoms with van der Waals surface area (Å²) < 4.78 is 7.77. The van der Waals surface area contributed by atoms with E-state index in [-0.39, 0.29) is 5.91 Å². The van der Waals surface area contributed by atoms with Crippen LogP contribution in [0.3, 0.4) is 0 Å². The lowest BCUT2D eigenvalue weighted by Crippen LogP contribution is -2.33. The van der Waals surface area contributed by atoms with Gasteiger partial charge in [0.25, 0.3) is 5.91 Å². The Balaban J connectivity index is 2.52. The Hall–Kier alpha value is -1.97. The SMILES string of the molecule is CCCCN(CC)C(=O)c1c(C)c2cc(OCC)ccc2n1CC. The van der Waals surface area contributed by atoms with Crippen LogP contribution in [-0.2, 0) is 6.54 Å². The Morgan fingerprint density at radius 3 is 2.54 bits per heavy atom. The molecule has 0 aliphatic rings. The third-order valence-electron chi connectivity index (χ3n) is 4.57. The Bertz CT molecular complexity index is 703. The number of carbonyl (C=O) groups excluding carboxylic acids is 1. The number of hydrogen-bond donors (Lipinski definition) is 0. The summed E-state index contributed by atoms with van der Waals surface area (Å²) in [5.41, 5.74) is 2.97. The fraction of sp³-hybridized carbons (Fsp3) is 0.550. The lowest BCUT2D eigenvalue weighted by molar-refractivity contribution is 0.0751. The van der Waals surface area contributed by atoms with Gasteiger partial charge in [-0.15, -0.1) is 0 Å². The van der Waals surface area contributed by atoms with Gasteiger partial charge in [0.15, 0.2) is 0 Å². The van der Waals surface area contributed by atoms with Crippen molar-refractivity contribution >= 4 is 16.8 Å². The minimum absolute atomic E-state index is 0.138. The summed E-state index contributed by atoms with van der Waals surface area (Å²) in [5.74, 6) is 0.998. The molecule has 4 nitrogen and oxygen atoms in total. The maximum atomic E-state index is 13.1. The molecule has 0 atom stereocenters. The number of unbranched alkanes of at least 4 members (excludes halogenated alkanes) is 1. The van der Waals surface area contributed by atoms with Crippen molar-refractivity contribution in [3.05, 3.63) is 29.5 Å². The minimum atomic E-state index is 0.138. The molecule has 132 valence electrons. The molecule has 1 amide bonds. The molecule has 0 aliphatic heterocycles. The maximum Gasteiger partial charge on any atom is 0.270 e. The summed E-state index contributed by atoms with van der Waals surface area (Å²) in [6, 6.07) is 6.11. The van der Waals surface area contributed by atoms with Gasteiger partial charge in [-0.05, 0) is 57.9 Å². The summed E-state index contributed by atoms with van der Waals surface area (Å²) >= 11 is 0. The van der Waals surface area contributed by atoms with Gasteiger partial charge < -0.3 is 14.2 Å². The second kappa shape index (κ2) is 8.22. The number of aryl methyl sites for hydroxylation is 2. The molecule has 24 heavy (non-hydrogen) atoms. The van der Waals surface area contributed by atoms with Crippen molar-refractivity contribution in [2.45, 2.75) is 54.0 Å². The van der Waals surface area contributed by atoms with E-state index in [1.165, 1.54) is 0 Å². The molecular formula is C20H30N2O2. The summed E-state index contributed by atoms with van der Waals surface area (Å²) in [6.45, 7) is 13.3. The first-order chi connectivity index (χ1) is 11.6. The molecule has 0 fully saturated rings. The molecule has 1 heterocycles. The molecule has 0 saturated heterocycles. The van der Waals surface area contributed by atoms with Gasteiger partial charge >= 0.3 is 0 Å². The van der Waals surface area contributed by atoms with Gasteiger partial charge in [-0.25, -0.2) is 0 Å². The Morgan fingerprint density at radius 1 is 1.21 bits per heavy atom. The molecule has 1 aromatic carbocycles. The van der Waals surface area contributed by atoms with Crippen LogP contribution in [0.2, 0.25) is 0 Å². The first-order valence-corrected chi connectivity index (χ1v) is 9.13. The van der Waals surface area contributed by atoms with Crippen molar-refractivity contribution in [2.75, 3.05) is 19.7 Å². The quantitative estimate of drug-likeness (QED) is 0.707. The number of ether oxygens (including phenoxy) is 1. The van der Waals surface area contributed by atoms with Gasteiger partial charge in [0.2, 0.25) is 0 Å². The Labute approximate surface area is 145 Å². The molecule has 0 bridgehead atoms. The van der Waals surface area contributed by atoms with Crippen LogP contribution in [-0.4, -0.2) is 35.1 Å². The molecule has 0 unspecified atom stereocenters. The first-order valence-electron chi connectivity index (χ1n) is 9.13. The molecule has 0 radical (unpaired) electrons.